The number of hydrogen-bond donors (Lipinski definition) is 2. The van der Waals surface area contributed by atoms with E-state index >= 15 is 0 Å². The Bertz CT molecular complexity index is 702. The molecule has 0 saturated carbocycles. The summed E-state index contributed by atoms with van der Waals surface area (Å²) < 4.78 is 0. The average molecular weight is 328 g/mol. The summed E-state index contributed by atoms with van der Waals surface area (Å²) in [5, 5.41) is 15.6. The van der Waals surface area contributed by atoms with Gasteiger partial charge < -0.3 is 10.6 Å². The Morgan fingerprint density at radius 3 is 2.38 bits per heavy atom. The largest absolute Gasteiger partial charge is 0.332 e. The van der Waals surface area contributed by atoms with Crippen molar-refractivity contribution in [2.24, 2.45) is 5.92 Å². The molecule has 126 valence electrons. The molecular formula is C18H22N3O3+. The molecule has 2 aromatic carbocycles. The number of rotatable bonds is 7. The van der Waals surface area contributed by atoms with E-state index in [1.807, 2.05) is 35.6 Å². The second-order valence-electron chi connectivity index (χ2n) is 5.94. The van der Waals surface area contributed by atoms with Gasteiger partial charge in [0, 0.05) is 17.5 Å². The van der Waals surface area contributed by atoms with Crippen LogP contribution in [0.2, 0.25) is 0 Å². The molecule has 0 fully saturated rings. The van der Waals surface area contributed by atoms with Crippen LogP contribution in [-0.4, -0.2) is 17.4 Å². The monoisotopic (exact) mass is 328 g/mol. The Morgan fingerprint density at radius 1 is 1.12 bits per heavy atom. The third kappa shape index (κ3) is 4.63. The molecule has 0 radical (unpaired) electrons. The fraction of sp³-hybridized carbons (Fsp3) is 0.278. The van der Waals surface area contributed by atoms with Crippen molar-refractivity contribution >= 4 is 17.3 Å². The summed E-state index contributed by atoms with van der Waals surface area (Å²) in [4.78, 5) is 22.7. The summed E-state index contributed by atoms with van der Waals surface area (Å²) in [6.07, 6.45) is 0. The minimum atomic E-state index is -0.500. The molecule has 0 aliphatic heterocycles. The van der Waals surface area contributed by atoms with Gasteiger partial charge in [-0.2, -0.15) is 0 Å². The van der Waals surface area contributed by atoms with Gasteiger partial charge in [0.05, 0.1) is 4.92 Å². The third-order valence-corrected chi connectivity index (χ3v) is 3.83. The summed E-state index contributed by atoms with van der Waals surface area (Å²) >= 11 is 0. The van der Waals surface area contributed by atoms with Crippen molar-refractivity contribution in [3.05, 3.63) is 70.3 Å². The lowest BCUT2D eigenvalue weighted by atomic mass is 9.96. The van der Waals surface area contributed by atoms with Gasteiger partial charge in [0.1, 0.15) is 11.7 Å². The number of nitro groups is 1. The number of hydrogen-bond acceptors (Lipinski definition) is 3. The van der Waals surface area contributed by atoms with E-state index in [1.165, 1.54) is 12.1 Å². The summed E-state index contributed by atoms with van der Waals surface area (Å²) in [6.45, 7) is 4.41. The van der Waals surface area contributed by atoms with Gasteiger partial charge in [0.15, 0.2) is 6.54 Å². The number of para-hydroxylation sites is 2. The van der Waals surface area contributed by atoms with Gasteiger partial charge in [-0.05, 0) is 6.07 Å². The van der Waals surface area contributed by atoms with Crippen molar-refractivity contribution < 1.29 is 15.0 Å². The number of nitrogens with two attached hydrogens (primary N) is 1. The zero-order valence-electron chi connectivity index (χ0n) is 13.8. The fourth-order valence-electron chi connectivity index (χ4n) is 2.64. The van der Waals surface area contributed by atoms with Crippen LogP contribution in [0.15, 0.2) is 54.6 Å². The molecular weight excluding hydrogens is 306 g/mol. The maximum atomic E-state index is 12.2. The number of nitrogens with one attached hydrogen (secondary N) is 1. The lowest BCUT2D eigenvalue weighted by Gasteiger charge is -2.19. The van der Waals surface area contributed by atoms with E-state index < -0.39 is 4.92 Å². The van der Waals surface area contributed by atoms with Gasteiger partial charge in [0.25, 0.3) is 11.6 Å². The van der Waals surface area contributed by atoms with Gasteiger partial charge in [0.2, 0.25) is 0 Å². The van der Waals surface area contributed by atoms with E-state index in [9.17, 15) is 14.9 Å². The van der Waals surface area contributed by atoms with Crippen molar-refractivity contribution in [3.63, 3.8) is 0 Å². The quantitative estimate of drug-likeness (QED) is 0.604. The standard InChI is InChI=1S/C18H21N3O3/c1-13(2)18(14-8-4-3-5-9-14)19-12-17(22)20-15-10-6-7-11-16(15)21(23)24/h3-11,13,18-19H,12H2,1-2H3,(H,20,22)/p+1/t18-/m1/s1. The summed E-state index contributed by atoms with van der Waals surface area (Å²) in [5.41, 5.74) is 1.28. The van der Waals surface area contributed by atoms with Crippen molar-refractivity contribution in [1.29, 1.82) is 0 Å². The number of nitrogens with zero attached hydrogens (tertiary/aromatic N) is 1. The van der Waals surface area contributed by atoms with Gasteiger partial charge in [-0.3, -0.25) is 14.9 Å². The lowest BCUT2D eigenvalue weighted by molar-refractivity contribution is -0.692. The third-order valence-electron chi connectivity index (χ3n) is 3.83. The smallest absolute Gasteiger partial charge is 0.292 e. The number of amides is 1. The minimum absolute atomic E-state index is 0.102. The summed E-state index contributed by atoms with van der Waals surface area (Å²) in [5.74, 6) is 0.0946. The zero-order chi connectivity index (χ0) is 17.5. The molecule has 2 rings (SSSR count). The highest BCUT2D eigenvalue weighted by Gasteiger charge is 2.21. The first-order valence-electron chi connectivity index (χ1n) is 7.90. The predicted octanol–water partition coefficient (Wildman–Crippen LogP) is 2.49. The Labute approximate surface area is 141 Å². The van der Waals surface area contributed by atoms with Crippen LogP contribution in [0.1, 0.15) is 25.5 Å². The molecule has 6 heteroatoms. The van der Waals surface area contributed by atoms with Gasteiger partial charge in [-0.25, -0.2) is 0 Å². The summed E-state index contributed by atoms with van der Waals surface area (Å²) in [6, 6.07) is 16.3. The normalized spacial score (nSPS) is 12.0. The summed E-state index contributed by atoms with van der Waals surface area (Å²) in [7, 11) is 0. The van der Waals surface area contributed by atoms with Gasteiger partial charge in [-0.1, -0.05) is 56.3 Å². The molecule has 0 saturated heterocycles. The number of nitro benzene ring substituents is 1. The molecule has 2 aromatic rings. The predicted molar refractivity (Wildman–Crippen MR) is 92.5 cm³/mol. The zero-order valence-corrected chi connectivity index (χ0v) is 13.8. The van der Waals surface area contributed by atoms with Gasteiger partial charge >= 0.3 is 0 Å². The molecule has 24 heavy (non-hydrogen) atoms. The lowest BCUT2D eigenvalue weighted by Crippen LogP contribution is -2.88. The highest BCUT2D eigenvalue weighted by atomic mass is 16.6. The second kappa shape index (κ2) is 8.21. The number of carbonyl (C=O) groups is 1. The van der Waals surface area contributed by atoms with Crippen LogP contribution in [0.4, 0.5) is 11.4 Å². The molecule has 1 amide bonds. The molecule has 3 N–H and O–H groups in total. The van der Waals surface area contributed by atoms with E-state index in [2.05, 4.69) is 19.2 Å². The minimum Gasteiger partial charge on any atom is -0.332 e. The van der Waals surface area contributed by atoms with E-state index in [4.69, 9.17) is 0 Å². The van der Waals surface area contributed by atoms with E-state index in [0.29, 0.717) is 5.92 Å². The number of benzene rings is 2. The first kappa shape index (κ1) is 17.6. The maximum absolute atomic E-state index is 12.2. The first-order chi connectivity index (χ1) is 11.5. The molecule has 6 nitrogen and oxygen atoms in total. The number of quaternary nitrogens is 1. The fourth-order valence-corrected chi connectivity index (χ4v) is 2.64. The van der Waals surface area contributed by atoms with Crippen LogP contribution >= 0.6 is 0 Å². The molecule has 1 atom stereocenters. The first-order valence-corrected chi connectivity index (χ1v) is 7.90. The second-order valence-corrected chi connectivity index (χ2v) is 5.94. The Balaban J connectivity index is 2.01. The van der Waals surface area contributed by atoms with Crippen molar-refractivity contribution in [3.8, 4) is 0 Å². The molecule has 0 aliphatic carbocycles. The van der Waals surface area contributed by atoms with Crippen molar-refractivity contribution in [1.82, 2.24) is 0 Å². The molecule has 0 spiro atoms. The Kier molecular flexibility index (Phi) is 6.03. The average Bonchev–Trinajstić information content (AvgIpc) is 2.56. The van der Waals surface area contributed by atoms with Crippen LogP contribution in [0.5, 0.6) is 0 Å². The van der Waals surface area contributed by atoms with Crippen LogP contribution < -0.4 is 10.6 Å². The molecule has 0 aromatic heterocycles. The van der Waals surface area contributed by atoms with Crippen LogP contribution in [-0.2, 0) is 4.79 Å². The van der Waals surface area contributed by atoms with E-state index in [1.54, 1.807) is 12.1 Å². The van der Waals surface area contributed by atoms with Crippen LogP contribution in [0, 0.1) is 16.0 Å². The highest BCUT2D eigenvalue weighted by molar-refractivity contribution is 5.93. The van der Waals surface area contributed by atoms with Crippen LogP contribution in [0.25, 0.3) is 0 Å². The Hall–Kier alpha value is -2.73. The molecule has 0 bridgehead atoms. The number of anilines is 1. The van der Waals surface area contributed by atoms with E-state index in [0.717, 1.165) is 5.56 Å². The molecule has 0 aliphatic rings. The highest BCUT2D eigenvalue weighted by Crippen LogP contribution is 2.23. The SMILES string of the molecule is CC(C)[C@@H]([NH2+]CC(=O)Nc1ccccc1[N+](=O)[O-])c1ccccc1. The Morgan fingerprint density at radius 2 is 1.75 bits per heavy atom. The maximum Gasteiger partial charge on any atom is 0.292 e. The van der Waals surface area contributed by atoms with Crippen LogP contribution in [0.3, 0.4) is 0 Å². The molecule has 0 unspecified atom stereocenters. The number of carbonyl (C=O) groups excluding carboxylic acids is 1. The van der Waals surface area contributed by atoms with E-state index in [-0.39, 0.29) is 29.9 Å². The molecule has 0 heterocycles. The van der Waals surface area contributed by atoms with Crippen molar-refractivity contribution in [2.75, 3.05) is 11.9 Å². The van der Waals surface area contributed by atoms with Crippen molar-refractivity contribution in [2.45, 2.75) is 19.9 Å². The van der Waals surface area contributed by atoms with Gasteiger partial charge in [-0.15, -0.1) is 0 Å². The topological polar surface area (TPSA) is 88.8 Å².